The fraction of sp³-hybridized carbons (Fsp3) is 0. The van der Waals surface area contributed by atoms with Crippen LogP contribution in [0.4, 0.5) is 5.82 Å². The van der Waals surface area contributed by atoms with Gasteiger partial charge in [-0.05, 0) is 0 Å². The van der Waals surface area contributed by atoms with Crippen LogP contribution in [-0.4, -0.2) is 24.1 Å². The standard InChI is InChI=1S/C9H8ClN7/c10-6-3-13-17(4-6)9-8-12-1-2-16(8)5-7(14-9)15-11/h1-5,15H,11H2. The molecule has 0 aliphatic carbocycles. The molecule has 0 aliphatic rings. The lowest BCUT2D eigenvalue weighted by Crippen LogP contribution is -2.12. The molecule has 3 aromatic rings. The van der Waals surface area contributed by atoms with Crippen LogP contribution in [0, 0.1) is 0 Å². The number of halogens is 1. The normalized spacial score (nSPS) is 10.9. The summed E-state index contributed by atoms with van der Waals surface area (Å²) in [5.74, 6) is 6.42. The smallest absolute Gasteiger partial charge is 0.199 e. The van der Waals surface area contributed by atoms with Crippen molar-refractivity contribution in [3.8, 4) is 5.82 Å². The van der Waals surface area contributed by atoms with Gasteiger partial charge in [-0.1, -0.05) is 11.6 Å². The third-order valence-electron chi connectivity index (χ3n) is 2.27. The zero-order valence-electron chi connectivity index (χ0n) is 8.58. The SMILES string of the molecule is NNc1cn2ccnc2c(-n2cc(Cl)cn2)n1. The zero-order chi connectivity index (χ0) is 11.8. The number of hydrogen-bond acceptors (Lipinski definition) is 5. The van der Waals surface area contributed by atoms with Gasteiger partial charge >= 0.3 is 0 Å². The van der Waals surface area contributed by atoms with Crippen molar-refractivity contribution < 1.29 is 0 Å². The summed E-state index contributed by atoms with van der Waals surface area (Å²) in [4.78, 5) is 8.51. The molecule has 86 valence electrons. The number of imidazole rings is 1. The van der Waals surface area contributed by atoms with Crippen molar-refractivity contribution in [2.24, 2.45) is 5.84 Å². The van der Waals surface area contributed by atoms with Crippen molar-refractivity contribution in [3.63, 3.8) is 0 Å². The molecule has 0 radical (unpaired) electrons. The second-order valence-electron chi connectivity index (χ2n) is 3.36. The van der Waals surface area contributed by atoms with Crippen LogP contribution in [0.25, 0.3) is 11.5 Å². The van der Waals surface area contributed by atoms with Crippen LogP contribution in [0.15, 0.2) is 31.0 Å². The van der Waals surface area contributed by atoms with E-state index < -0.39 is 0 Å². The summed E-state index contributed by atoms with van der Waals surface area (Å²) in [6, 6.07) is 0. The molecular formula is C9H8ClN7. The Bertz CT molecular complexity index is 671. The monoisotopic (exact) mass is 249 g/mol. The van der Waals surface area contributed by atoms with Gasteiger partial charge in [-0.15, -0.1) is 0 Å². The van der Waals surface area contributed by atoms with E-state index in [9.17, 15) is 0 Å². The number of rotatable bonds is 2. The van der Waals surface area contributed by atoms with Crippen molar-refractivity contribution in [2.75, 3.05) is 5.43 Å². The second kappa shape index (κ2) is 3.72. The molecule has 3 heterocycles. The Morgan fingerprint density at radius 3 is 2.94 bits per heavy atom. The molecule has 17 heavy (non-hydrogen) atoms. The van der Waals surface area contributed by atoms with Crippen LogP contribution < -0.4 is 11.3 Å². The highest BCUT2D eigenvalue weighted by Crippen LogP contribution is 2.16. The summed E-state index contributed by atoms with van der Waals surface area (Å²) < 4.78 is 3.35. The molecule has 0 aromatic carbocycles. The molecule has 8 heteroatoms. The molecule has 0 unspecified atom stereocenters. The van der Waals surface area contributed by atoms with E-state index in [0.717, 1.165) is 0 Å². The van der Waals surface area contributed by atoms with Gasteiger partial charge in [0.1, 0.15) is 0 Å². The Labute approximate surface area is 101 Å². The summed E-state index contributed by atoms with van der Waals surface area (Å²) in [6.45, 7) is 0. The maximum absolute atomic E-state index is 5.83. The minimum atomic E-state index is 0.511. The Hall–Kier alpha value is -2.12. The molecule has 0 saturated heterocycles. The van der Waals surface area contributed by atoms with E-state index in [1.807, 2.05) is 0 Å². The lowest BCUT2D eigenvalue weighted by molar-refractivity contribution is 0.842. The molecule has 7 nitrogen and oxygen atoms in total. The first-order valence-electron chi connectivity index (χ1n) is 4.79. The minimum absolute atomic E-state index is 0.511. The Balaban J connectivity index is 2.29. The van der Waals surface area contributed by atoms with Crippen LogP contribution in [-0.2, 0) is 0 Å². The van der Waals surface area contributed by atoms with Gasteiger partial charge in [0.05, 0.1) is 23.6 Å². The van der Waals surface area contributed by atoms with Crippen LogP contribution in [0.3, 0.4) is 0 Å². The van der Waals surface area contributed by atoms with Gasteiger partial charge in [-0.2, -0.15) is 5.10 Å². The number of hydrogen-bond donors (Lipinski definition) is 2. The van der Waals surface area contributed by atoms with Gasteiger partial charge in [0.25, 0.3) is 0 Å². The minimum Gasteiger partial charge on any atom is -0.307 e. The predicted molar refractivity (Wildman–Crippen MR) is 62.9 cm³/mol. The molecule has 3 N–H and O–H groups in total. The van der Waals surface area contributed by atoms with Crippen molar-refractivity contribution in [2.45, 2.75) is 0 Å². The number of hydrazine groups is 1. The molecule has 0 bridgehead atoms. The highest BCUT2D eigenvalue weighted by molar-refractivity contribution is 6.30. The van der Waals surface area contributed by atoms with E-state index in [1.165, 1.54) is 6.20 Å². The molecular weight excluding hydrogens is 242 g/mol. The third kappa shape index (κ3) is 1.61. The molecule has 3 rings (SSSR count). The number of fused-ring (bicyclic) bond motifs is 1. The van der Waals surface area contributed by atoms with E-state index in [-0.39, 0.29) is 0 Å². The van der Waals surface area contributed by atoms with Gasteiger partial charge in [-0.3, -0.25) is 0 Å². The van der Waals surface area contributed by atoms with Gasteiger partial charge in [0.2, 0.25) is 0 Å². The average Bonchev–Trinajstić information content (AvgIpc) is 2.95. The molecule has 0 amide bonds. The fourth-order valence-corrected chi connectivity index (χ4v) is 1.69. The van der Waals surface area contributed by atoms with Crippen LogP contribution >= 0.6 is 11.6 Å². The predicted octanol–water partition coefficient (Wildman–Crippen LogP) is 0.854. The Kier molecular flexibility index (Phi) is 2.20. The van der Waals surface area contributed by atoms with Gasteiger partial charge in [-0.25, -0.2) is 20.5 Å². The van der Waals surface area contributed by atoms with Crippen molar-refractivity contribution in [1.82, 2.24) is 24.1 Å². The molecule has 0 aliphatic heterocycles. The number of nitrogens with two attached hydrogens (primary N) is 1. The summed E-state index contributed by atoms with van der Waals surface area (Å²) in [6.07, 6.45) is 8.39. The van der Waals surface area contributed by atoms with E-state index in [2.05, 4.69) is 20.5 Å². The number of aromatic nitrogens is 5. The topological polar surface area (TPSA) is 86.1 Å². The zero-order valence-corrected chi connectivity index (χ0v) is 9.33. The van der Waals surface area contributed by atoms with Crippen LogP contribution in [0.2, 0.25) is 5.02 Å². The quantitative estimate of drug-likeness (QED) is 0.520. The van der Waals surface area contributed by atoms with Crippen molar-refractivity contribution in [1.29, 1.82) is 0 Å². The first-order chi connectivity index (χ1) is 8.28. The molecule has 0 fully saturated rings. The van der Waals surface area contributed by atoms with E-state index in [1.54, 1.807) is 33.9 Å². The van der Waals surface area contributed by atoms with Crippen LogP contribution in [0.5, 0.6) is 0 Å². The van der Waals surface area contributed by atoms with E-state index >= 15 is 0 Å². The van der Waals surface area contributed by atoms with Crippen LogP contribution in [0.1, 0.15) is 0 Å². The maximum atomic E-state index is 5.83. The largest absolute Gasteiger partial charge is 0.307 e. The van der Waals surface area contributed by atoms with Crippen molar-refractivity contribution in [3.05, 3.63) is 36.0 Å². The molecule has 0 atom stereocenters. The summed E-state index contributed by atoms with van der Waals surface area (Å²) in [5, 5.41) is 4.62. The highest BCUT2D eigenvalue weighted by atomic mass is 35.5. The molecule has 0 saturated carbocycles. The lowest BCUT2D eigenvalue weighted by Gasteiger charge is -2.06. The molecule has 3 aromatic heterocycles. The number of nitrogen functional groups attached to an aromatic ring is 1. The van der Waals surface area contributed by atoms with E-state index in [0.29, 0.717) is 22.3 Å². The average molecular weight is 250 g/mol. The highest BCUT2D eigenvalue weighted by Gasteiger charge is 2.10. The Morgan fingerprint density at radius 1 is 1.35 bits per heavy atom. The summed E-state index contributed by atoms with van der Waals surface area (Å²) >= 11 is 5.83. The summed E-state index contributed by atoms with van der Waals surface area (Å²) in [7, 11) is 0. The van der Waals surface area contributed by atoms with Gasteiger partial charge in [0.15, 0.2) is 17.3 Å². The third-order valence-corrected chi connectivity index (χ3v) is 2.47. The summed E-state index contributed by atoms with van der Waals surface area (Å²) in [5.41, 5.74) is 3.16. The molecule has 0 spiro atoms. The second-order valence-corrected chi connectivity index (χ2v) is 3.79. The Morgan fingerprint density at radius 2 is 2.24 bits per heavy atom. The fourth-order valence-electron chi connectivity index (χ4n) is 1.56. The van der Waals surface area contributed by atoms with Gasteiger partial charge in [0, 0.05) is 12.4 Å². The van der Waals surface area contributed by atoms with Gasteiger partial charge < -0.3 is 9.83 Å². The number of nitrogens with one attached hydrogen (secondary N) is 1. The first-order valence-corrected chi connectivity index (χ1v) is 5.16. The van der Waals surface area contributed by atoms with E-state index in [4.69, 9.17) is 17.4 Å². The number of anilines is 1. The van der Waals surface area contributed by atoms with Crippen molar-refractivity contribution >= 4 is 23.1 Å². The first kappa shape index (κ1) is 10.1. The lowest BCUT2D eigenvalue weighted by atomic mass is 10.5. The number of nitrogens with zero attached hydrogens (tertiary/aromatic N) is 5. The maximum Gasteiger partial charge on any atom is 0.199 e.